The highest BCUT2D eigenvalue weighted by atomic mass is 32.2. The molecule has 2 heterocycles. The molecule has 1 aromatic heterocycles. The molecule has 8 heteroatoms. The van der Waals surface area contributed by atoms with E-state index in [4.69, 9.17) is 9.47 Å². The predicted molar refractivity (Wildman–Crippen MR) is 85.0 cm³/mol. The Hall–Kier alpha value is -2.06. The number of nitrogens with zero attached hydrogens (tertiary/aromatic N) is 2. The minimum atomic E-state index is -3.68. The number of anilines is 1. The molecule has 23 heavy (non-hydrogen) atoms. The van der Waals surface area contributed by atoms with Gasteiger partial charge in [-0.25, -0.2) is 4.98 Å². The number of hydrogen-bond donors (Lipinski definition) is 1. The molecular formula is C15H19N3O4S. The Labute approximate surface area is 135 Å². The zero-order valence-electron chi connectivity index (χ0n) is 12.8. The lowest BCUT2D eigenvalue weighted by Gasteiger charge is -2.12. The number of benzene rings is 1. The highest BCUT2D eigenvalue weighted by molar-refractivity contribution is 7.92. The van der Waals surface area contributed by atoms with Crippen LogP contribution in [0.3, 0.4) is 0 Å². The molecule has 0 spiro atoms. The van der Waals surface area contributed by atoms with Crippen molar-refractivity contribution in [2.45, 2.75) is 31.0 Å². The van der Waals surface area contributed by atoms with Crippen LogP contribution in [0.1, 0.15) is 13.3 Å². The molecule has 1 aliphatic heterocycles. The van der Waals surface area contributed by atoms with Crippen LogP contribution in [0.15, 0.2) is 41.8 Å². The molecule has 0 bridgehead atoms. The molecule has 1 atom stereocenters. The van der Waals surface area contributed by atoms with Crippen molar-refractivity contribution in [3.05, 3.63) is 36.8 Å². The molecular weight excluding hydrogens is 318 g/mol. The van der Waals surface area contributed by atoms with Crippen LogP contribution in [0.5, 0.6) is 5.75 Å². The Morgan fingerprint density at radius 3 is 2.78 bits per heavy atom. The van der Waals surface area contributed by atoms with E-state index in [1.165, 1.54) is 12.5 Å². The van der Waals surface area contributed by atoms with E-state index in [0.717, 1.165) is 6.42 Å². The average molecular weight is 337 g/mol. The summed E-state index contributed by atoms with van der Waals surface area (Å²) >= 11 is 0. The van der Waals surface area contributed by atoms with Crippen LogP contribution in [0.2, 0.25) is 0 Å². The van der Waals surface area contributed by atoms with Gasteiger partial charge in [0.1, 0.15) is 11.9 Å². The Morgan fingerprint density at radius 1 is 1.39 bits per heavy atom. The van der Waals surface area contributed by atoms with Gasteiger partial charge in [-0.1, -0.05) is 0 Å². The van der Waals surface area contributed by atoms with Crippen molar-refractivity contribution in [3.63, 3.8) is 0 Å². The monoisotopic (exact) mass is 337 g/mol. The molecule has 1 N–H and O–H groups in total. The van der Waals surface area contributed by atoms with Crippen molar-refractivity contribution in [2.75, 3.05) is 17.9 Å². The number of hydrogen-bond acceptors (Lipinski definition) is 5. The van der Waals surface area contributed by atoms with Crippen molar-refractivity contribution in [1.29, 1.82) is 0 Å². The molecule has 0 radical (unpaired) electrons. The largest absolute Gasteiger partial charge is 0.488 e. The van der Waals surface area contributed by atoms with Gasteiger partial charge in [-0.05, 0) is 31.2 Å². The first-order valence-corrected chi connectivity index (χ1v) is 8.94. The third kappa shape index (κ3) is 3.83. The van der Waals surface area contributed by atoms with Crippen molar-refractivity contribution < 1.29 is 17.9 Å². The lowest BCUT2D eigenvalue weighted by molar-refractivity contribution is 0.141. The van der Waals surface area contributed by atoms with Gasteiger partial charge in [-0.15, -0.1) is 0 Å². The Bertz CT molecular complexity index is 749. The maximum atomic E-state index is 12.3. The highest BCUT2D eigenvalue weighted by Crippen LogP contribution is 2.21. The minimum absolute atomic E-state index is 0.00257. The van der Waals surface area contributed by atoms with E-state index >= 15 is 0 Å². The second-order valence-corrected chi connectivity index (χ2v) is 6.90. The fourth-order valence-electron chi connectivity index (χ4n) is 2.26. The maximum Gasteiger partial charge on any atom is 0.280 e. The fourth-order valence-corrected chi connectivity index (χ4v) is 3.27. The molecule has 0 amide bonds. The first kappa shape index (κ1) is 15.8. The lowest BCUT2D eigenvalue weighted by Crippen LogP contribution is -2.16. The average Bonchev–Trinajstić information content (AvgIpc) is 3.20. The van der Waals surface area contributed by atoms with Gasteiger partial charge in [0.25, 0.3) is 10.0 Å². The summed E-state index contributed by atoms with van der Waals surface area (Å²) < 4.78 is 39.7. The normalized spacial score (nSPS) is 18.0. The van der Waals surface area contributed by atoms with E-state index in [9.17, 15) is 8.42 Å². The third-order valence-electron chi connectivity index (χ3n) is 3.55. The van der Waals surface area contributed by atoms with Crippen molar-refractivity contribution >= 4 is 15.7 Å². The first-order valence-electron chi connectivity index (χ1n) is 7.46. The van der Waals surface area contributed by atoms with Crippen LogP contribution < -0.4 is 9.46 Å². The van der Waals surface area contributed by atoms with Gasteiger partial charge in [0, 0.05) is 24.8 Å². The van der Waals surface area contributed by atoms with Crippen molar-refractivity contribution in [2.24, 2.45) is 0 Å². The maximum absolute atomic E-state index is 12.3. The Morgan fingerprint density at radius 2 is 2.17 bits per heavy atom. The molecule has 1 saturated heterocycles. The van der Waals surface area contributed by atoms with E-state index in [0.29, 0.717) is 31.2 Å². The van der Waals surface area contributed by atoms with Crippen LogP contribution in [0, 0.1) is 0 Å². The number of aryl methyl sites for hydroxylation is 1. The lowest BCUT2D eigenvalue weighted by atomic mass is 10.3. The van der Waals surface area contributed by atoms with Gasteiger partial charge >= 0.3 is 0 Å². The summed E-state index contributed by atoms with van der Waals surface area (Å²) in [6.45, 7) is 3.89. The van der Waals surface area contributed by atoms with E-state index in [2.05, 4.69) is 9.71 Å². The molecule has 0 aliphatic carbocycles. The highest BCUT2D eigenvalue weighted by Gasteiger charge is 2.19. The van der Waals surface area contributed by atoms with E-state index in [-0.39, 0.29) is 11.1 Å². The number of nitrogens with one attached hydrogen (secondary N) is 1. The van der Waals surface area contributed by atoms with Gasteiger partial charge < -0.3 is 14.0 Å². The van der Waals surface area contributed by atoms with Crippen LogP contribution >= 0.6 is 0 Å². The van der Waals surface area contributed by atoms with Gasteiger partial charge in [0.15, 0.2) is 5.03 Å². The van der Waals surface area contributed by atoms with Gasteiger partial charge in [-0.2, -0.15) is 8.42 Å². The van der Waals surface area contributed by atoms with Gasteiger partial charge in [0.2, 0.25) is 0 Å². The summed E-state index contributed by atoms with van der Waals surface area (Å²) in [4.78, 5) is 3.91. The zero-order chi connectivity index (χ0) is 16.3. The van der Waals surface area contributed by atoms with Gasteiger partial charge in [-0.3, -0.25) is 4.72 Å². The summed E-state index contributed by atoms with van der Waals surface area (Å²) in [6, 6.07) is 6.81. The molecule has 1 aromatic carbocycles. The zero-order valence-corrected chi connectivity index (χ0v) is 13.6. The standard InChI is InChI=1S/C15H19N3O4S/c1-2-18-9-15(16-11-18)23(19,20)17-12-3-5-13(6-4-12)22-14-7-8-21-10-14/h3-6,9,11,14,17H,2,7-8,10H2,1H3. The molecule has 124 valence electrons. The fraction of sp³-hybridized carbons (Fsp3) is 0.400. The van der Waals surface area contributed by atoms with Gasteiger partial charge in [0.05, 0.1) is 19.5 Å². The molecule has 2 aromatic rings. The van der Waals surface area contributed by atoms with Crippen LogP contribution in [0.25, 0.3) is 0 Å². The second-order valence-electron chi connectivity index (χ2n) is 5.28. The number of imidazole rings is 1. The quantitative estimate of drug-likeness (QED) is 0.870. The molecule has 0 saturated carbocycles. The van der Waals surface area contributed by atoms with Crippen LogP contribution in [0.4, 0.5) is 5.69 Å². The summed E-state index contributed by atoms with van der Waals surface area (Å²) in [5, 5.41) is 0.00257. The Balaban J connectivity index is 1.67. The molecule has 1 fully saturated rings. The number of aromatic nitrogens is 2. The number of sulfonamides is 1. The minimum Gasteiger partial charge on any atom is -0.488 e. The Kier molecular flexibility index (Phi) is 4.53. The second kappa shape index (κ2) is 6.59. The SMILES string of the molecule is CCn1cnc(S(=O)(=O)Nc2ccc(OC3CCOC3)cc2)c1. The molecule has 1 unspecified atom stereocenters. The first-order chi connectivity index (χ1) is 11.1. The molecule has 3 rings (SSSR count). The van der Waals surface area contributed by atoms with Crippen LogP contribution in [-0.4, -0.2) is 37.3 Å². The van der Waals surface area contributed by atoms with E-state index in [1.807, 2.05) is 6.92 Å². The molecule has 7 nitrogen and oxygen atoms in total. The summed E-state index contributed by atoms with van der Waals surface area (Å²) in [5.41, 5.74) is 0.464. The van der Waals surface area contributed by atoms with Crippen molar-refractivity contribution in [1.82, 2.24) is 9.55 Å². The molecule has 1 aliphatic rings. The number of rotatable bonds is 6. The summed E-state index contributed by atoms with van der Waals surface area (Å²) in [5.74, 6) is 0.693. The summed E-state index contributed by atoms with van der Waals surface area (Å²) in [6.07, 6.45) is 3.93. The van der Waals surface area contributed by atoms with E-state index < -0.39 is 10.0 Å². The van der Waals surface area contributed by atoms with Crippen molar-refractivity contribution in [3.8, 4) is 5.75 Å². The van der Waals surface area contributed by atoms with Crippen LogP contribution in [-0.2, 0) is 21.3 Å². The smallest absolute Gasteiger partial charge is 0.280 e. The third-order valence-corrected chi connectivity index (χ3v) is 4.81. The van der Waals surface area contributed by atoms with E-state index in [1.54, 1.807) is 28.8 Å². The topological polar surface area (TPSA) is 82.5 Å². The predicted octanol–water partition coefficient (Wildman–Crippen LogP) is 1.87. The number of ether oxygens (including phenoxy) is 2. The summed E-state index contributed by atoms with van der Waals surface area (Å²) in [7, 11) is -3.68.